The molecule has 23 heavy (non-hydrogen) atoms. The van der Waals surface area contributed by atoms with Crippen LogP contribution in [0.15, 0.2) is 18.5 Å². The molecule has 3 heterocycles. The van der Waals surface area contributed by atoms with Crippen LogP contribution in [0.25, 0.3) is 0 Å². The zero-order valence-electron chi connectivity index (χ0n) is 14.2. The molecule has 1 aromatic rings. The quantitative estimate of drug-likeness (QED) is 0.872. The van der Waals surface area contributed by atoms with E-state index in [1.807, 2.05) is 12.4 Å². The van der Waals surface area contributed by atoms with Crippen LogP contribution < -0.4 is 5.32 Å². The van der Waals surface area contributed by atoms with Gasteiger partial charge in [0.05, 0.1) is 31.6 Å². The van der Waals surface area contributed by atoms with Gasteiger partial charge in [0, 0.05) is 38.1 Å². The first-order chi connectivity index (χ1) is 11.3. The number of likely N-dealkylation sites (tertiary alicyclic amines) is 1. The molecule has 0 bridgehead atoms. The molecule has 0 aliphatic carbocycles. The maximum absolute atomic E-state index is 5.75. The third-order valence-electron chi connectivity index (χ3n) is 4.64. The van der Waals surface area contributed by atoms with E-state index in [-0.39, 0.29) is 6.10 Å². The number of ether oxygens (including phenoxy) is 2. The van der Waals surface area contributed by atoms with Crippen LogP contribution in [-0.4, -0.2) is 61.5 Å². The molecule has 2 aliphatic heterocycles. The van der Waals surface area contributed by atoms with Crippen molar-refractivity contribution in [1.82, 2.24) is 9.88 Å². The summed E-state index contributed by atoms with van der Waals surface area (Å²) in [7, 11) is 0. The van der Waals surface area contributed by atoms with Gasteiger partial charge in [0.2, 0.25) is 0 Å². The van der Waals surface area contributed by atoms with Gasteiger partial charge in [-0.25, -0.2) is 0 Å². The molecule has 1 unspecified atom stereocenters. The van der Waals surface area contributed by atoms with Gasteiger partial charge in [-0.05, 0) is 30.9 Å². The van der Waals surface area contributed by atoms with Crippen LogP contribution >= 0.6 is 0 Å². The van der Waals surface area contributed by atoms with Crippen LogP contribution in [0.1, 0.15) is 31.7 Å². The molecule has 5 nitrogen and oxygen atoms in total. The van der Waals surface area contributed by atoms with Crippen molar-refractivity contribution in [3.63, 3.8) is 0 Å². The fourth-order valence-corrected chi connectivity index (χ4v) is 3.42. The van der Waals surface area contributed by atoms with Crippen LogP contribution in [0.4, 0.5) is 5.69 Å². The Morgan fingerprint density at radius 1 is 1.26 bits per heavy atom. The summed E-state index contributed by atoms with van der Waals surface area (Å²) >= 11 is 0. The standard InChI is InChI=1S/C18H29N3O2/c1-2-3-15-10-17(12-19-11-15)20-16-4-6-21(7-5-16)13-18-14-22-8-9-23-18/h10-12,16,18,20H,2-9,13-14H2,1H3. The summed E-state index contributed by atoms with van der Waals surface area (Å²) in [5.41, 5.74) is 2.49. The highest BCUT2D eigenvalue weighted by molar-refractivity contribution is 5.43. The average Bonchev–Trinajstić information content (AvgIpc) is 2.58. The van der Waals surface area contributed by atoms with Crippen molar-refractivity contribution in [3.05, 3.63) is 24.0 Å². The largest absolute Gasteiger partial charge is 0.381 e. The van der Waals surface area contributed by atoms with E-state index >= 15 is 0 Å². The summed E-state index contributed by atoms with van der Waals surface area (Å²) in [6.45, 7) is 7.68. The molecule has 2 aliphatic rings. The number of anilines is 1. The molecule has 128 valence electrons. The predicted molar refractivity (Wildman–Crippen MR) is 91.9 cm³/mol. The van der Waals surface area contributed by atoms with Gasteiger partial charge in [-0.15, -0.1) is 0 Å². The minimum Gasteiger partial charge on any atom is -0.381 e. The molecule has 3 rings (SSSR count). The third-order valence-corrected chi connectivity index (χ3v) is 4.64. The lowest BCUT2D eigenvalue weighted by molar-refractivity contribution is -0.0986. The van der Waals surface area contributed by atoms with Crippen molar-refractivity contribution in [3.8, 4) is 0 Å². The fraction of sp³-hybridized carbons (Fsp3) is 0.722. The van der Waals surface area contributed by atoms with Crippen molar-refractivity contribution in [1.29, 1.82) is 0 Å². The third kappa shape index (κ3) is 5.16. The van der Waals surface area contributed by atoms with Gasteiger partial charge in [0.25, 0.3) is 0 Å². The van der Waals surface area contributed by atoms with Crippen LogP contribution in [-0.2, 0) is 15.9 Å². The topological polar surface area (TPSA) is 46.6 Å². The molecule has 1 N–H and O–H groups in total. The monoisotopic (exact) mass is 319 g/mol. The summed E-state index contributed by atoms with van der Waals surface area (Å²) in [5, 5.41) is 3.66. The van der Waals surface area contributed by atoms with Gasteiger partial charge in [-0.3, -0.25) is 4.98 Å². The normalized spacial score (nSPS) is 23.8. The Morgan fingerprint density at radius 2 is 2.13 bits per heavy atom. The fourth-order valence-electron chi connectivity index (χ4n) is 3.42. The number of hydrogen-bond donors (Lipinski definition) is 1. The zero-order chi connectivity index (χ0) is 15.9. The van der Waals surface area contributed by atoms with E-state index in [0.29, 0.717) is 6.04 Å². The van der Waals surface area contributed by atoms with E-state index < -0.39 is 0 Å². The Hall–Kier alpha value is -1.17. The Labute approximate surface area is 139 Å². The van der Waals surface area contributed by atoms with Crippen LogP contribution in [0, 0.1) is 0 Å². The first-order valence-corrected chi connectivity index (χ1v) is 8.95. The molecular weight excluding hydrogens is 290 g/mol. The SMILES string of the molecule is CCCc1cncc(NC2CCN(CC3COCCO3)CC2)c1. The number of rotatable bonds is 6. The summed E-state index contributed by atoms with van der Waals surface area (Å²) in [6, 6.07) is 2.80. The highest BCUT2D eigenvalue weighted by Gasteiger charge is 2.23. The Morgan fingerprint density at radius 3 is 2.87 bits per heavy atom. The maximum Gasteiger partial charge on any atom is 0.0936 e. The average molecular weight is 319 g/mol. The van der Waals surface area contributed by atoms with Crippen LogP contribution in [0.2, 0.25) is 0 Å². The van der Waals surface area contributed by atoms with Gasteiger partial charge >= 0.3 is 0 Å². The Bertz CT molecular complexity index is 469. The smallest absolute Gasteiger partial charge is 0.0936 e. The summed E-state index contributed by atoms with van der Waals surface area (Å²) < 4.78 is 11.2. The molecule has 0 amide bonds. The van der Waals surface area contributed by atoms with Crippen molar-refractivity contribution in [2.45, 2.75) is 44.8 Å². The Kier molecular flexibility index (Phi) is 6.25. The highest BCUT2D eigenvalue weighted by Crippen LogP contribution is 2.18. The molecule has 2 saturated heterocycles. The summed E-state index contributed by atoms with van der Waals surface area (Å²) in [6.07, 6.45) is 8.78. The van der Waals surface area contributed by atoms with Crippen molar-refractivity contribution >= 4 is 5.69 Å². The molecule has 0 saturated carbocycles. The molecule has 1 aromatic heterocycles. The lowest BCUT2D eigenvalue weighted by Gasteiger charge is -2.35. The first kappa shape index (κ1) is 16.7. The van der Waals surface area contributed by atoms with E-state index in [2.05, 4.69) is 28.2 Å². The van der Waals surface area contributed by atoms with Gasteiger partial charge in [-0.1, -0.05) is 13.3 Å². The van der Waals surface area contributed by atoms with E-state index in [0.717, 1.165) is 52.3 Å². The molecular formula is C18H29N3O2. The highest BCUT2D eigenvalue weighted by atomic mass is 16.6. The number of aryl methyl sites for hydroxylation is 1. The lowest BCUT2D eigenvalue weighted by atomic mass is 10.0. The second-order valence-electron chi connectivity index (χ2n) is 6.62. The predicted octanol–water partition coefficient (Wildman–Crippen LogP) is 2.33. The molecule has 5 heteroatoms. The molecule has 2 fully saturated rings. The Balaban J connectivity index is 1.42. The maximum atomic E-state index is 5.75. The second kappa shape index (κ2) is 8.62. The number of nitrogens with zero attached hydrogens (tertiary/aromatic N) is 2. The number of piperidine rings is 1. The van der Waals surface area contributed by atoms with Gasteiger partial charge in [-0.2, -0.15) is 0 Å². The minimum atomic E-state index is 0.253. The molecule has 1 atom stereocenters. The molecule has 0 aromatic carbocycles. The number of nitrogens with one attached hydrogen (secondary N) is 1. The van der Waals surface area contributed by atoms with E-state index in [4.69, 9.17) is 9.47 Å². The number of pyridine rings is 1. The van der Waals surface area contributed by atoms with Crippen LogP contribution in [0.5, 0.6) is 0 Å². The molecule has 0 radical (unpaired) electrons. The number of hydrogen-bond acceptors (Lipinski definition) is 5. The first-order valence-electron chi connectivity index (χ1n) is 8.95. The number of aromatic nitrogens is 1. The van der Waals surface area contributed by atoms with Crippen molar-refractivity contribution in [2.75, 3.05) is 44.8 Å². The van der Waals surface area contributed by atoms with E-state index in [1.165, 1.54) is 24.1 Å². The second-order valence-corrected chi connectivity index (χ2v) is 6.62. The summed E-state index contributed by atoms with van der Waals surface area (Å²) in [5.74, 6) is 0. The van der Waals surface area contributed by atoms with Gasteiger partial charge in [0.1, 0.15) is 0 Å². The van der Waals surface area contributed by atoms with E-state index in [9.17, 15) is 0 Å². The minimum absolute atomic E-state index is 0.253. The molecule has 0 spiro atoms. The van der Waals surface area contributed by atoms with E-state index in [1.54, 1.807) is 0 Å². The van der Waals surface area contributed by atoms with Crippen LogP contribution in [0.3, 0.4) is 0 Å². The van der Waals surface area contributed by atoms with Crippen molar-refractivity contribution in [2.24, 2.45) is 0 Å². The van der Waals surface area contributed by atoms with Crippen molar-refractivity contribution < 1.29 is 9.47 Å². The van der Waals surface area contributed by atoms with Gasteiger partial charge < -0.3 is 19.7 Å². The van der Waals surface area contributed by atoms with Gasteiger partial charge in [0.15, 0.2) is 0 Å². The zero-order valence-corrected chi connectivity index (χ0v) is 14.2. The summed E-state index contributed by atoms with van der Waals surface area (Å²) in [4.78, 5) is 6.86. The lowest BCUT2D eigenvalue weighted by Crippen LogP contribution is -2.45.